The molecule has 1 aromatic carbocycles. The third kappa shape index (κ3) is 1.84. The molecule has 0 fully saturated rings. The molecule has 0 amide bonds. The van der Waals surface area contributed by atoms with Crippen LogP contribution in [0.15, 0.2) is 35.2 Å². The summed E-state index contributed by atoms with van der Waals surface area (Å²) in [6.45, 7) is 0. The van der Waals surface area contributed by atoms with Crippen LogP contribution in [0.1, 0.15) is 11.1 Å². The fourth-order valence-corrected chi connectivity index (χ4v) is 1.13. The maximum Gasteiger partial charge on any atom is 0.310 e. The van der Waals surface area contributed by atoms with Crippen LogP contribution >= 0.6 is 0 Å². The first-order valence-electron chi connectivity index (χ1n) is 4.34. The number of oxazole rings is 1. The SMILES string of the molecule is N#Cc1ccc(C#N)c(Oc2cnco2)c1. The van der Waals surface area contributed by atoms with Crippen LogP contribution in [0.25, 0.3) is 0 Å². The van der Waals surface area contributed by atoms with Crippen molar-refractivity contribution >= 4 is 0 Å². The van der Waals surface area contributed by atoms with E-state index in [4.69, 9.17) is 19.7 Å². The molecule has 16 heavy (non-hydrogen) atoms. The van der Waals surface area contributed by atoms with Crippen LogP contribution in [0, 0.1) is 22.7 Å². The summed E-state index contributed by atoms with van der Waals surface area (Å²) in [5.41, 5.74) is 0.740. The van der Waals surface area contributed by atoms with Crippen molar-refractivity contribution < 1.29 is 9.15 Å². The number of nitrogens with zero attached hydrogens (tertiary/aromatic N) is 3. The standard InChI is InChI=1S/C11H5N3O2/c12-4-8-1-2-9(5-13)10(3-8)16-11-6-14-7-15-11/h1-3,6-7H. The Hall–Kier alpha value is -2.79. The van der Waals surface area contributed by atoms with Gasteiger partial charge in [0.05, 0.1) is 17.2 Å². The molecule has 0 aliphatic carbocycles. The van der Waals surface area contributed by atoms with Crippen LogP contribution in [0.3, 0.4) is 0 Å². The Morgan fingerprint density at radius 2 is 2.12 bits per heavy atom. The van der Waals surface area contributed by atoms with Crippen molar-refractivity contribution in [3.05, 3.63) is 41.9 Å². The molecule has 2 aromatic rings. The third-order valence-electron chi connectivity index (χ3n) is 1.85. The molecule has 0 saturated carbocycles. The highest BCUT2D eigenvalue weighted by molar-refractivity contribution is 5.49. The molecule has 5 heteroatoms. The van der Waals surface area contributed by atoms with E-state index in [0.717, 1.165) is 0 Å². The Balaban J connectivity index is 2.39. The maximum atomic E-state index is 8.85. The molecule has 0 bridgehead atoms. The Bertz CT molecular complexity index is 576. The van der Waals surface area contributed by atoms with Gasteiger partial charge in [-0.3, -0.25) is 0 Å². The maximum absolute atomic E-state index is 8.85. The van der Waals surface area contributed by atoms with Gasteiger partial charge in [0.25, 0.3) is 0 Å². The number of nitriles is 2. The Morgan fingerprint density at radius 3 is 2.75 bits per heavy atom. The smallest absolute Gasteiger partial charge is 0.310 e. The van der Waals surface area contributed by atoms with Crippen LogP contribution < -0.4 is 4.74 Å². The topological polar surface area (TPSA) is 82.8 Å². The Labute approximate surface area is 91.1 Å². The normalized spacial score (nSPS) is 9.12. The summed E-state index contributed by atoms with van der Waals surface area (Å²) < 4.78 is 10.2. The molecule has 1 aromatic heterocycles. The zero-order valence-corrected chi connectivity index (χ0v) is 8.04. The zero-order valence-electron chi connectivity index (χ0n) is 8.04. The molecule has 0 aliphatic heterocycles. The van der Waals surface area contributed by atoms with E-state index in [-0.39, 0.29) is 11.7 Å². The van der Waals surface area contributed by atoms with Gasteiger partial charge < -0.3 is 9.15 Å². The highest BCUT2D eigenvalue weighted by Gasteiger charge is 2.07. The first-order valence-corrected chi connectivity index (χ1v) is 4.34. The average molecular weight is 211 g/mol. The van der Waals surface area contributed by atoms with E-state index in [2.05, 4.69) is 4.98 Å². The second-order valence-electron chi connectivity index (χ2n) is 2.86. The van der Waals surface area contributed by atoms with Gasteiger partial charge in [0, 0.05) is 6.07 Å². The van der Waals surface area contributed by atoms with E-state index in [1.165, 1.54) is 24.7 Å². The molecule has 0 saturated heterocycles. The number of hydrogen-bond acceptors (Lipinski definition) is 5. The second kappa shape index (κ2) is 4.16. The highest BCUT2D eigenvalue weighted by Crippen LogP contribution is 2.25. The number of rotatable bonds is 2. The van der Waals surface area contributed by atoms with Crippen molar-refractivity contribution in [1.29, 1.82) is 10.5 Å². The largest absolute Gasteiger partial charge is 0.423 e. The van der Waals surface area contributed by atoms with Crippen molar-refractivity contribution in [3.63, 3.8) is 0 Å². The fraction of sp³-hybridized carbons (Fsp3) is 0. The zero-order chi connectivity index (χ0) is 11.4. The lowest BCUT2D eigenvalue weighted by molar-refractivity contribution is 0.345. The molecule has 1 heterocycles. The van der Waals surface area contributed by atoms with Crippen LogP contribution in [0.2, 0.25) is 0 Å². The fourth-order valence-electron chi connectivity index (χ4n) is 1.13. The number of ether oxygens (including phenoxy) is 1. The van der Waals surface area contributed by atoms with Gasteiger partial charge in [-0.2, -0.15) is 10.5 Å². The number of hydrogen-bond donors (Lipinski definition) is 0. The Kier molecular flexibility index (Phi) is 2.53. The predicted octanol–water partition coefficient (Wildman–Crippen LogP) is 2.21. The lowest BCUT2D eigenvalue weighted by Gasteiger charge is -2.03. The molecule has 76 valence electrons. The molecule has 0 spiro atoms. The molecule has 2 rings (SSSR count). The summed E-state index contributed by atoms with van der Waals surface area (Å²) >= 11 is 0. The van der Waals surface area contributed by atoms with Gasteiger partial charge in [-0.1, -0.05) is 0 Å². The van der Waals surface area contributed by atoms with Crippen LogP contribution in [-0.4, -0.2) is 4.98 Å². The van der Waals surface area contributed by atoms with Crippen LogP contribution in [0.5, 0.6) is 11.7 Å². The number of aromatic nitrogens is 1. The minimum atomic E-state index is 0.173. The van der Waals surface area contributed by atoms with E-state index in [0.29, 0.717) is 11.1 Å². The van der Waals surface area contributed by atoms with E-state index in [1.807, 2.05) is 12.1 Å². The lowest BCUT2D eigenvalue weighted by Crippen LogP contribution is -1.88. The first kappa shape index (κ1) is 9.75. The summed E-state index contributed by atoms with van der Waals surface area (Å²) in [5.74, 6) is 0.449. The molecule has 0 aliphatic rings. The van der Waals surface area contributed by atoms with Crippen molar-refractivity contribution in [2.45, 2.75) is 0 Å². The van der Waals surface area contributed by atoms with Crippen molar-refractivity contribution in [2.75, 3.05) is 0 Å². The summed E-state index contributed by atoms with van der Waals surface area (Å²) in [7, 11) is 0. The quantitative estimate of drug-likeness (QED) is 0.760. The molecule has 0 atom stereocenters. The van der Waals surface area contributed by atoms with Gasteiger partial charge in [-0.05, 0) is 12.1 Å². The molecule has 0 unspecified atom stereocenters. The van der Waals surface area contributed by atoms with Gasteiger partial charge in [-0.15, -0.1) is 0 Å². The van der Waals surface area contributed by atoms with E-state index >= 15 is 0 Å². The molecule has 0 N–H and O–H groups in total. The first-order chi connectivity index (χ1) is 7.83. The van der Waals surface area contributed by atoms with Crippen LogP contribution in [0.4, 0.5) is 0 Å². The summed E-state index contributed by atoms with van der Waals surface area (Å²) in [5, 5.41) is 17.6. The van der Waals surface area contributed by atoms with E-state index in [1.54, 1.807) is 6.07 Å². The Morgan fingerprint density at radius 1 is 1.25 bits per heavy atom. The van der Waals surface area contributed by atoms with Gasteiger partial charge in [0.1, 0.15) is 18.0 Å². The molecule has 5 nitrogen and oxygen atoms in total. The highest BCUT2D eigenvalue weighted by atomic mass is 16.6. The summed E-state index contributed by atoms with van der Waals surface area (Å²) in [6.07, 6.45) is 2.59. The monoisotopic (exact) mass is 211 g/mol. The van der Waals surface area contributed by atoms with Gasteiger partial charge in [0.2, 0.25) is 0 Å². The summed E-state index contributed by atoms with van der Waals surface area (Å²) in [4.78, 5) is 3.68. The average Bonchev–Trinajstić information content (AvgIpc) is 2.82. The predicted molar refractivity (Wildman–Crippen MR) is 52.4 cm³/mol. The minimum Gasteiger partial charge on any atom is -0.423 e. The van der Waals surface area contributed by atoms with Crippen LogP contribution in [-0.2, 0) is 0 Å². The molecular weight excluding hydrogens is 206 g/mol. The van der Waals surface area contributed by atoms with E-state index in [9.17, 15) is 0 Å². The van der Waals surface area contributed by atoms with Gasteiger partial charge >= 0.3 is 5.95 Å². The minimum absolute atomic E-state index is 0.173. The molecular formula is C11H5N3O2. The summed E-state index contributed by atoms with van der Waals surface area (Å²) in [6, 6.07) is 8.46. The van der Waals surface area contributed by atoms with E-state index < -0.39 is 0 Å². The lowest BCUT2D eigenvalue weighted by atomic mass is 10.1. The van der Waals surface area contributed by atoms with Gasteiger partial charge in [-0.25, -0.2) is 4.98 Å². The van der Waals surface area contributed by atoms with Crippen molar-refractivity contribution in [2.24, 2.45) is 0 Å². The van der Waals surface area contributed by atoms with Crippen molar-refractivity contribution in [1.82, 2.24) is 4.98 Å². The third-order valence-corrected chi connectivity index (χ3v) is 1.85. The van der Waals surface area contributed by atoms with Gasteiger partial charge in [0.15, 0.2) is 6.39 Å². The number of benzene rings is 1. The van der Waals surface area contributed by atoms with Crippen molar-refractivity contribution in [3.8, 4) is 23.8 Å². The molecule has 0 radical (unpaired) electrons. The second-order valence-corrected chi connectivity index (χ2v) is 2.86.